The SMILES string of the molecule is CN1C(Cc2ccc(O)cc2)C(=O)N(Cc2cccc3ccccc23)CC2N(C(=O)NCc3ccccc3)CCC(=O)N21. The summed E-state index contributed by atoms with van der Waals surface area (Å²) in [5.74, 6) is -0.115. The Labute approximate surface area is 250 Å². The number of amides is 4. The fourth-order valence-corrected chi connectivity index (χ4v) is 6.11. The molecule has 0 spiro atoms. The van der Waals surface area contributed by atoms with Gasteiger partial charge in [0.2, 0.25) is 11.8 Å². The molecule has 4 amide bonds. The Kier molecular flexibility index (Phi) is 7.98. The van der Waals surface area contributed by atoms with Gasteiger partial charge in [-0.2, -0.15) is 0 Å². The van der Waals surface area contributed by atoms with Crippen LogP contribution < -0.4 is 5.32 Å². The Balaban J connectivity index is 1.35. The van der Waals surface area contributed by atoms with E-state index < -0.39 is 12.2 Å². The van der Waals surface area contributed by atoms with Crippen LogP contribution in [0.4, 0.5) is 4.79 Å². The van der Waals surface area contributed by atoms with E-state index in [1.54, 1.807) is 51.1 Å². The maximum atomic E-state index is 14.4. The highest BCUT2D eigenvalue weighted by atomic mass is 16.3. The van der Waals surface area contributed by atoms with Crippen LogP contribution in [-0.4, -0.2) is 75.1 Å². The van der Waals surface area contributed by atoms with Crippen molar-refractivity contribution in [3.8, 4) is 5.75 Å². The predicted molar refractivity (Wildman–Crippen MR) is 163 cm³/mol. The molecule has 0 radical (unpaired) electrons. The van der Waals surface area contributed by atoms with Crippen molar-refractivity contribution in [2.24, 2.45) is 0 Å². The van der Waals surface area contributed by atoms with Crippen LogP contribution in [0.1, 0.15) is 23.1 Å². The summed E-state index contributed by atoms with van der Waals surface area (Å²) in [4.78, 5) is 44.9. The average Bonchev–Trinajstić information content (AvgIpc) is 3.12. The Bertz CT molecular complexity index is 1620. The molecule has 0 aliphatic carbocycles. The quantitative estimate of drug-likeness (QED) is 0.360. The summed E-state index contributed by atoms with van der Waals surface area (Å²) in [5.41, 5.74) is 2.82. The molecule has 2 aliphatic heterocycles. The number of hydrazine groups is 1. The lowest BCUT2D eigenvalue weighted by Gasteiger charge is -2.46. The minimum absolute atomic E-state index is 0.129. The second-order valence-corrected chi connectivity index (χ2v) is 11.1. The number of phenols is 1. The van der Waals surface area contributed by atoms with Gasteiger partial charge in [0.1, 0.15) is 18.0 Å². The van der Waals surface area contributed by atoms with Crippen LogP contribution in [-0.2, 0) is 29.1 Å². The molecule has 9 nitrogen and oxygen atoms in total. The molecule has 2 aliphatic rings. The lowest BCUT2D eigenvalue weighted by atomic mass is 10.0. The van der Waals surface area contributed by atoms with Crippen LogP contribution in [0, 0.1) is 0 Å². The van der Waals surface area contributed by atoms with Crippen molar-refractivity contribution in [2.45, 2.75) is 38.1 Å². The molecule has 2 heterocycles. The number of fused-ring (bicyclic) bond motifs is 2. The van der Waals surface area contributed by atoms with E-state index in [1.165, 1.54) is 0 Å². The number of nitrogens with zero attached hydrogens (tertiary/aromatic N) is 4. The first-order valence-electron chi connectivity index (χ1n) is 14.6. The molecule has 2 saturated heterocycles. The molecule has 0 saturated carbocycles. The topological polar surface area (TPSA) is 96.4 Å². The molecule has 2 unspecified atom stereocenters. The number of rotatable bonds is 6. The Hall–Kier alpha value is -4.89. The van der Waals surface area contributed by atoms with Crippen molar-refractivity contribution in [3.05, 3.63) is 114 Å². The Morgan fingerprint density at radius 3 is 2.40 bits per heavy atom. The van der Waals surface area contributed by atoms with Gasteiger partial charge in [-0.3, -0.25) is 9.59 Å². The third-order valence-electron chi connectivity index (χ3n) is 8.39. The molecule has 9 heteroatoms. The summed E-state index contributed by atoms with van der Waals surface area (Å²) in [6.07, 6.45) is -0.188. The summed E-state index contributed by atoms with van der Waals surface area (Å²) in [5, 5.41) is 18.3. The number of nitrogens with one attached hydrogen (secondary N) is 1. The normalized spacial score (nSPS) is 19.3. The zero-order valence-corrected chi connectivity index (χ0v) is 24.1. The Morgan fingerprint density at radius 2 is 1.60 bits per heavy atom. The molecular weight excluding hydrogens is 542 g/mol. The number of benzene rings is 4. The van der Waals surface area contributed by atoms with Gasteiger partial charge < -0.3 is 20.2 Å². The van der Waals surface area contributed by atoms with E-state index in [4.69, 9.17) is 0 Å². The average molecular weight is 578 g/mol. The molecule has 43 heavy (non-hydrogen) atoms. The first-order valence-corrected chi connectivity index (χ1v) is 14.6. The zero-order valence-electron chi connectivity index (χ0n) is 24.1. The minimum atomic E-state index is -0.694. The van der Waals surface area contributed by atoms with E-state index in [-0.39, 0.29) is 43.1 Å². The fourth-order valence-electron chi connectivity index (χ4n) is 6.11. The maximum Gasteiger partial charge on any atom is 0.319 e. The number of hydrogen-bond donors (Lipinski definition) is 2. The highest BCUT2D eigenvalue weighted by Crippen LogP contribution is 2.29. The van der Waals surface area contributed by atoms with Gasteiger partial charge >= 0.3 is 6.03 Å². The fraction of sp³-hybridized carbons (Fsp3) is 0.265. The molecule has 2 atom stereocenters. The van der Waals surface area contributed by atoms with E-state index in [2.05, 4.69) is 5.32 Å². The van der Waals surface area contributed by atoms with E-state index in [1.807, 2.05) is 72.8 Å². The van der Waals surface area contributed by atoms with Crippen LogP contribution >= 0.6 is 0 Å². The second-order valence-electron chi connectivity index (χ2n) is 11.1. The van der Waals surface area contributed by atoms with Gasteiger partial charge in [-0.1, -0.05) is 84.9 Å². The zero-order chi connectivity index (χ0) is 29.9. The number of hydrogen-bond acceptors (Lipinski definition) is 5. The van der Waals surface area contributed by atoms with Gasteiger partial charge in [0.25, 0.3) is 0 Å². The van der Waals surface area contributed by atoms with Gasteiger partial charge in [0, 0.05) is 33.1 Å². The second kappa shape index (κ2) is 12.1. The number of urea groups is 1. The molecular formula is C34H35N5O4. The first-order chi connectivity index (χ1) is 20.9. The highest BCUT2D eigenvalue weighted by Gasteiger charge is 2.47. The lowest BCUT2D eigenvalue weighted by molar-refractivity contribution is -0.171. The van der Waals surface area contributed by atoms with Crippen molar-refractivity contribution in [2.75, 3.05) is 20.1 Å². The maximum absolute atomic E-state index is 14.4. The lowest BCUT2D eigenvalue weighted by Crippen LogP contribution is -2.66. The monoisotopic (exact) mass is 577 g/mol. The number of likely N-dealkylation sites (N-methyl/N-ethyl adjacent to an activating group) is 1. The third kappa shape index (κ3) is 5.89. The summed E-state index contributed by atoms with van der Waals surface area (Å²) < 4.78 is 0. The van der Waals surface area contributed by atoms with Crippen molar-refractivity contribution in [1.29, 1.82) is 0 Å². The van der Waals surface area contributed by atoms with Crippen LogP contribution in [0.15, 0.2) is 97.1 Å². The number of phenolic OH excluding ortho intramolecular Hbond substituents is 1. The number of carbonyl (C=O) groups excluding carboxylic acids is 3. The summed E-state index contributed by atoms with van der Waals surface area (Å²) in [7, 11) is 1.75. The van der Waals surface area contributed by atoms with E-state index in [0.717, 1.165) is 27.5 Å². The molecule has 220 valence electrons. The smallest absolute Gasteiger partial charge is 0.319 e. The molecule has 0 aromatic heterocycles. The van der Waals surface area contributed by atoms with Gasteiger partial charge in [0.05, 0.1) is 6.54 Å². The van der Waals surface area contributed by atoms with Crippen molar-refractivity contribution in [3.63, 3.8) is 0 Å². The van der Waals surface area contributed by atoms with Crippen molar-refractivity contribution < 1.29 is 19.5 Å². The van der Waals surface area contributed by atoms with Gasteiger partial charge in [-0.05, 0) is 46.0 Å². The summed E-state index contributed by atoms with van der Waals surface area (Å²) >= 11 is 0. The van der Waals surface area contributed by atoms with Crippen LogP contribution in [0.5, 0.6) is 5.75 Å². The number of aromatic hydroxyl groups is 1. The van der Waals surface area contributed by atoms with Gasteiger partial charge in [-0.15, -0.1) is 0 Å². The van der Waals surface area contributed by atoms with Crippen LogP contribution in [0.3, 0.4) is 0 Å². The summed E-state index contributed by atoms with van der Waals surface area (Å²) in [6.45, 7) is 1.11. The molecule has 2 fully saturated rings. The Morgan fingerprint density at radius 1 is 0.884 bits per heavy atom. The van der Waals surface area contributed by atoms with Crippen molar-refractivity contribution in [1.82, 2.24) is 25.1 Å². The summed E-state index contributed by atoms with van der Waals surface area (Å²) in [6, 6.07) is 29.6. The molecule has 2 N–H and O–H groups in total. The predicted octanol–water partition coefficient (Wildman–Crippen LogP) is 4.12. The van der Waals surface area contributed by atoms with E-state index in [9.17, 15) is 19.5 Å². The van der Waals surface area contributed by atoms with Gasteiger partial charge in [-0.25, -0.2) is 14.8 Å². The highest BCUT2D eigenvalue weighted by molar-refractivity contribution is 5.88. The van der Waals surface area contributed by atoms with Gasteiger partial charge in [0.15, 0.2) is 0 Å². The molecule has 0 bridgehead atoms. The minimum Gasteiger partial charge on any atom is -0.508 e. The first kappa shape index (κ1) is 28.2. The van der Waals surface area contributed by atoms with Crippen LogP contribution in [0.2, 0.25) is 0 Å². The van der Waals surface area contributed by atoms with E-state index >= 15 is 0 Å². The third-order valence-corrected chi connectivity index (χ3v) is 8.39. The van der Waals surface area contributed by atoms with E-state index in [0.29, 0.717) is 19.5 Å². The molecule has 4 aromatic carbocycles. The standard InChI is InChI=1S/C34H35N5O4/c1-36-30(20-24-14-16-28(40)17-15-24)33(42)37(22-27-12-7-11-26-10-5-6-13-29(26)27)23-31-38(19-18-32(41)39(31)36)34(43)35-21-25-8-3-2-4-9-25/h2-17,30-31,40H,18-23H2,1H3,(H,35,43). The molecule has 6 rings (SSSR count). The largest absolute Gasteiger partial charge is 0.508 e. The van der Waals surface area contributed by atoms with Crippen molar-refractivity contribution >= 4 is 28.6 Å². The van der Waals surface area contributed by atoms with Crippen LogP contribution in [0.25, 0.3) is 10.8 Å². The number of carbonyl (C=O) groups is 3. The molecule has 4 aromatic rings.